The van der Waals surface area contributed by atoms with Crippen LogP contribution in [0, 0.1) is 5.92 Å². The second-order valence-electron chi connectivity index (χ2n) is 4.29. The van der Waals surface area contributed by atoms with Crippen LogP contribution in [0.15, 0.2) is 12.4 Å². The van der Waals surface area contributed by atoms with Gasteiger partial charge in [-0.25, -0.2) is 15.8 Å². The highest BCUT2D eigenvalue weighted by atomic mass is 16.1. The van der Waals surface area contributed by atoms with Gasteiger partial charge in [0.05, 0.1) is 12.4 Å². The first kappa shape index (κ1) is 11.8. The van der Waals surface area contributed by atoms with E-state index in [9.17, 15) is 4.79 Å². The standard InChI is InChI=1S/C11H17N5O/c12-16-10-7-13-9(6-14-10)11(17)15-5-8-3-1-2-4-8/h6-8H,1-5,12H2,(H,14,16)(H,15,17). The Labute approximate surface area is 100.0 Å². The maximum absolute atomic E-state index is 11.7. The molecule has 17 heavy (non-hydrogen) atoms. The minimum Gasteiger partial charge on any atom is -0.350 e. The highest BCUT2D eigenvalue weighted by Gasteiger charge is 2.16. The molecule has 1 heterocycles. The number of nitrogens with one attached hydrogen (secondary N) is 2. The highest BCUT2D eigenvalue weighted by Crippen LogP contribution is 2.23. The SMILES string of the molecule is NNc1cnc(C(=O)NCC2CCCC2)cn1. The summed E-state index contributed by atoms with van der Waals surface area (Å²) < 4.78 is 0. The molecule has 1 aliphatic carbocycles. The van der Waals surface area contributed by atoms with Crippen molar-refractivity contribution in [3.8, 4) is 0 Å². The Balaban J connectivity index is 1.85. The molecule has 0 saturated heterocycles. The Bertz CT molecular complexity index is 372. The summed E-state index contributed by atoms with van der Waals surface area (Å²) in [5.41, 5.74) is 2.69. The number of nitrogens with zero attached hydrogens (tertiary/aromatic N) is 2. The van der Waals surface area contributed by atoms with Crippen LogP contribution >= 0.6 is 0 Å². The van der Waals surface area contributed by atoms with Crippen LogP contribution in [0.25, 0.3) is 0 Å². The predicted molar refractivity (Wildman–Crippen MR) is 64.1 cm³/mol. The molecule has 1 aromatic heterocycles. The van der Waals surface area contributed by atoms with E-state index in [1.54, 1.807) is 0 Å². The maximum Gasteiger partial charge on any atom is 0.271 e. The molecule has 1 amide bonds. The van der Waals surface area contributed by atoms with Crippen molar-refractivity contribution in [1.29, 1.82) is 0 Å². The van der Waals surface area contributed by atoms with Crippen LogP contribution in [0.3, 0.4) is 0 Å². The summed E-state index contributed by atoms with van der Waals surface area (Å²) in [6.45, 7) is 0.734. The summed E-state index contributed by atoms with van der Waals surface area (Å²) in [4.78, 5) is 19.7. The quantitative estimate of drug-likeness (QED) is 0.527. The lowest BCUT2D eigenvalue weighted by molar-refractivity contribution is 0.0942. The molecule has 1 aromatic rings. The van der Waals surface area contributed by atoms with E-state index >= 15 is 0 Å². The normalized spacial score (nSPS) is 15.8. The zero-order valence-corrected chi connectivity index (χ0v) is 9.65. The van der Waals surface area contributed by atoms with E-state index in [0.29, 0.717) is 17.4 Å². The van der Waals surface area contributed by atoms with Crippen LogP contribution in [0.2, 0.25) is 0 Å². The van der Waals surface area contributed by atoms with E-state index < -0.39 is 0 Å². The lowest BCUT2D eigenvalue weighted by atomic mass is 10.1. The third-order valence-electron chi connectivity index (χ3n) is 3.06. The van der Waals surface area contributed by atoms with Crippen molar-refractivity contribution in [1.82, 2.24) is 15.3 Å². The van der Waals surface area contributed by atoms with Gasteiger partial charge >= 0.3 is 0 Å². The molecule has 0 aromatic carbocycles. The molecule has 0 bridgehead atoms. The molecule has 0 atom stereocenters. The first-order valence-electron chi connectivity index (χ1n) is 5.86. The molecule has 0 aliphatic heterocycles. The number of anilines is 1. The van der Waals surface area contributed by atoms with E-state index in [1.807, 2.05) is 0 Å². The molecule has 1 aliphatic rings. The monoisotopic (exact) mass is 235 g/mol. The van der Waals surface area contributed by atoms with Crippen LogP contribution in [-0.2, 0) is 0 Å². The van der Waals surface area contributed by atoms with Gasteiger partial charge in [-0.2, -0.15) is 0 Å². The van der Waals surface area contributed by atoms with E-state index in [2.05, 4.69) is 20.7 Å². The number of carbonyl (C=O) groups is 1. The number of carbonyl (C=O) groups excluding carboxylic acids is 1. The largest absolute Gasteiger partial charge is 0.350 e. The molecule has 0 spiro atoms. The van der Waals surface area contributed by atoms with Crippen LogP contribution in [0.1, 0.15) is 36.2 Å². The highest BCUT2D eigenvalue weighted by molar-refractivity contribution is 5.91. The zero-order valence-electron chi connectivity index (χ0n) is 9.65. The molecule has 0 unspecified atom stereocenters. The van der Waals surface area contributed by atoms with Gasteiger partial charge in [-0.05, 0) is 18.8 Å². The van der Waals surface area contributed by atoms with Gasteiger partial charge in [0, 0.05) is 6.54 Å². The lowest BCUT2D eigenvalue weighted by Crippen LogP contribution is -2.29. The van der Waals surface area contributed by atoms with Gasteiger partial charge in [0.15, 0.2) is 5.82 Å². The van der Waals surface area contributed by atoms with Crippen LogP contribution in [0.5, 0.6) is 0 Å². The molecule has 0 radical (unpaired) electrons. The minimum absolute atomic E-state index is 0.173. The fourth-order valence-corrected chi connectivity index (χ4v) is 2.06. The van der Waals surface area contributed by atoms with Gasteiger partial charge in [-0.15, -0.1) is 0 Å². The molecule has 1 fully saturated rings. The van der Waals surface area contributed by atoms with Crippen molar-refractivity contribution in [2.75, 3.05) is 12.0 Å². The second-order valence-corrected chi connectivity index (χ2v) is 4.29. The number of hydrazine groups is 1. The van der Waals surface area contributed by atoms with E-state index in [-0.39, 0.29) is 5.91 Å². The first-order valence-corrected chi connectivity index (χ1v) is 5.86. The van der Waals surface area contributed by atoms with Gasteiger partial charge in [-0.1, -0.05) is 12.8 Å². The van der Waals surface area contributed by atoms with E-state index in [0.717, 1.165) is 6.54 Å². The second kappa shape index (κ2) is 5.58. The predicted octanol–water partition coefficient (Wildman–Crippen LogP) is 0.682. The van der Waals surface area contributed by atoms with Gasteiger partial charge < -0.3 is 10.7 Å². The number of amides is 1. The Morgan fingerprint density at radius 1 is 1.35 bits per heavy atom. The number of hydrogen-bond donors (Lipinski definition) is 3. The number of hydrogen-bond acceptors (Lipinski definition) is 5. The summed E-state index contributed by atoms with van der Waals surface area (Å²) in [6.07, 6.45) is 7.82. The van der Waals surface area contributed by atoms with Crippen LogP contribution in [0.4, 0.5) is 5.82 Å². The van der Waals surface area contributed by atoms with Crippen molar-refractivity contribution in [2.24, 2.45) is 11.8 Å². The van der Waals surface area contributed by atoms with Gasteiger partial charge in [0.25, 0.3) is 5.91 Å². The Hall–Kier alpha value is -1.69. The van der Waals surface area contributed by atoms with Crippen molar-refractivity contribution in [2.45, 2.75) is 25.7 Å². The van der Waals surface area contributed by atoms with E-state index in [1.165, 1.54) is 38.1 Å². The summed E-state index contributed by atoms with van der Waals surface area (Å²) in [7, 11) is 0. The van der Waals surface area contributed by atoms with Gasteiger partial charge in [0.1, 0.15) is 5.69 Å². The Morgan fingerprint density at radius 2 is 2.12 bits per heavy atom. The number of nitrogen functional groups attached to an aromatic ring is 1. The molecule has 2 rings (SSSR count). The first-order chi connectivity index (χ1) is 8.29. The lowest BCUT2D eigenvalue weighted by Gasteiger charge is -2.10. The molecule has 6 nitrogen and oxygen atoms in total. The number of aromatic nitrogens is 2. The number of rotatable bonds is 4. The summed E-state index contributed by atoms with van der Waals surface area (Å²) in [5.74, 6) is 6.06. The van der Waals surface area contributed by atoms with Crippen LogP contribution < -0.4 is 16.6 Å². The Morgan fingerprint density at radius 3 is 2.71 bits per heavy atom. The van der Waals surface area contributed by atoms with Crippen molar-refractivity contribution < 1.29 is 4.79 Å². The topological polar surface area (TPSA) is 92.9 Å². The van der Waals surface area contributed by atoms with Gasteiger partial charge in [-0.3, -0.25) is 4.79 Å². The van der Waals surface area contributed by atoms with Crippen molar-refractivity contribution in [3.05, 3.63) is 18.1 Å². The minimum atomic E-state index is -0.173. The molecular weight excluding hydrogens is 218 g/mol. The zero-order chi connectivity index (χ0) is 12.1. The third-order valence-corrected chi connectivity index (χ3v) is 3.06. The number of nitrogens with two attached hydrogens (primary N) is 1. The third kappa shape index (κ3) is 3.13. The fourth-order valence-electron chi connectivity index (χ4n) is 2.06. The fraction of sp³-hybridized carbons (Fsp3) is 0.545. The average molecular weight is 235 g/mol. The smallest absolute Gasteiger partial charge is 0.271 e. The maximum atomic E-state index is 11.7. The molecule has 92 valence electrons. The molecule has 1 saturated carbocycles. The summed E-state index contributed by atoms with van der Waals surface area (Å²) in [6, 6.07) is 0. The molecular formula is C11H17N5O. The Kier molecular flexibility index (Phi) is 3.87. The van der Waals surface area contributed by atoms with Crippen molar-refractivity contribution in [3.63, 3.8) is 0 Å². The molecule has 6 heteroatoms. The molecule has 4 N–H and O–H groups in total. The summed E-state index contributed by atoms with van der Waals surface area (Å²) in [5, 5.41) is 2.89. The van der Waals surface area contributed by atoms with Crippen LogP contribution in [-0.4, -0.2) is 22.4 Å². The van der Waals surface area contributed by atoms with Crippen molar-refractivity contribution >= 4 is 11.7 Å². The summed E-state index contributed by atoms with van der Waals surface area (Å²) >= 11 is 0. The average Bonchev–Trinajstić information content (AvgIpc) is 2.89. The van der Waals surface area contributed by atoms with E-state index in [4.69, 9.17) is 5.84 Å². The van der Waals surface area contributed by atoms with Gasteiger partial charge in [0.2, 0.25) is 0 Å².